The fourth-order valence-electron chi connectivity index (χ4n) is 2.16. The summed E-state index contributed by atoms with van der Waals surface area (Å²) in [5.74, 6) is 0.593. The Bertz CT molecular complexity index is 348. The van der Waals surface area contributed by atoms with Crippen molar-refractivity contribution in [2.45, 2.75) is 46.3 Å². The first-order valence-electron chi connectivity index (χ1n) is 6.67. The van der Waals surface area contributed by atoms with Crippen molar-refractivity contribution in [1.82, 2.24) is 10.3 Å². The largest absolute Gasteiger partial charge is 0.383 e. The number of aromatic nitrogens is 1. The Morgan fingerprint density at radius 3 is 2.72 bits per heavy atom. The molecule has 1 rings (SSSR count). The van der Waals surface area contributed by atoms with Gasteiger partial charge in [0.25, 0.3) is 0 Å². The van der Waals surface area contributed by atoms with Gasteiger partial charge in [-0.05, 0) is 45.4 Å². The van der Waals surface area contributed by atoms with Crippen molar-refractivity contribution >= 4 is 5.82 Å². The molecule has 1 heterocycles. The van der Waals surface area contributed by atoms with Crippen LogP contribution in [0, 0.1) is 6.92 Å². The van der Waals surface area contributed by atoms with Gasteiger partial charge in [0.05, 0.1) is 12.1 Å². The number of hydrogen-bond acceptors (Lipinski definition) is 4. The fraction of sp³-hybridized carbons (Fsp3) is 0.643. The molecule has 3 N–H and O–H groups in total. The Hall–Kier alpha value is -1.13. The molecule has 0 spiro atoms. The Labute approximate surface area is 110 Å². The van der Waals surface area contributed by atoms with Crippen molar-refractivity contribution < 1.29 is 4.74 Å². The van der Waals surface area contributed by atoms with E-state index in [1.54, 1.807) is 6.20 Å². The van der Waals surface area contributed by atoms with Gasteiger partial charge in [0.2, 0.25) is 0 Å². The van der Waals surface area contributed by atoms with Crippen LogP contribution < -0.4 is 11.1 Å². The van der Waals surface area contributed by atoms with E-state index in [2.05, 4.69) is 31.1 Å². The van der Waals surface area contributed by atoms with Crippen molar-refractivity contribution in [3.05, 3.63) is 23.4 Å². The highest BCUT2D eigenvalue weighted by Crippen LogP contribution is 2.26. The zero-order valence-corrected chi connectivity index (χ0v) is 11.9. The average molecular weight is 251 g/mol. The van der Waals surface area contributed by atoms with E-state index >= 15 is 0 Å². The number of nitrogen functional groups attached to an aromatic ring is 1. The smallest absolute Gasteiger partial charge is 0.128 e. The van der Waals surface area contributed by atoms with E-state index in [1.807, 2.05) is 13.0 Å². The zero-order chi connectivity index (χ0) is 13.5. The first-order chi connectivity index (χ1) is 8.61. The molecule has 18 heavy (non-hydrogen) atoms. The number of aryl methyl sites for hydroxylation is 1. The topological polar surface area (TPSA) is 60.2 Å². The van der Waals surface area contributed by atoms with Crippen LogP contribution in [0.25, 0.3) is 0 Å². The molecule has 0 aromatic carbocycles. The summed E-state index contributed by atoms with van der Waals surface area (Å²) in [6.07, 6.45) is 2.90. The van der Waals surface area contributed by atoms with Crippen molar-refractivity contribution in [3.63, 3.8) is 0 Å². The summed E-state index contributed by atoms with van der Waals surface area (Å²) in [5, 5.41) is 3.51. The number of ether oxygens (including phenoxy) is 1. The molecular formula is C14H25N3O. The molecule has 0 aliphatic carbocycles. The van der Waals surface area contributed by atoms with Crippen LogP contribution in [0.4, 0.5) is 5.82 Å². The predicted molar refractivity (Wildman–Crippen MR) is 75.5 cm³/mol. The Kier molecular flexibility index (Phi) is 6.09. The quantitative estimate of drug-likeness (QED) is 0.781. The minimum absolute atomic E-state index is 0.0757. The monoisotopic (exact) mass is 251 g/mol. The van der Waals surface area contributed by atoms with E-state index in [0.29, 0.717) is 12.4 Å². The third-order valence-corrected chi connectivity index (χ3v) is 3.06. The van der Waals surface area contributed by atoms with Crippen molar-refractivity contribution in [2.24, 2.45) is 0 Å². The molecule has 1 aromatic rings. The molecule has 0 saturated heterocycles. The van der Waals surface area contributed by atoms with Crippen LogP contribution in [0.2, 0.25) is 0 Å². The van der Waals surface area contributed by atoms with E-state index in [9.17, 15) is 0 Å². The summed E-state index contributed by atoms with van der Waals surface area (Å²) in [6, 6.07) is 2.09. The highest BCUT2D eigenvalue weighted by atomic mass is 16.5. The highest BCUT2D eigenvalue weighted by molar-refractivity contribution is 5.46. The second-order valence-corrected chi connectivity index (χ2v) is 4.52. The molecule has 0 amide bonds. The molecule has 4 nitrogen and oxygen atoms in total. The van der Waals surface area contributed by atoms with Gasteiger partial charge in [0.1, 0.15) is 5.82 Å². The lowest BCUT2D eigenvalue weighted by molar-refractivity contribution is 0.0472. The second kappa shape index (κ2) is 7.34. The van der Waals surface area contributed by atoms with Crippen LogP contribution in [0.3, 0.4) is 0 Å². The average Bonchev–Trinajstić information content (AvgIpc) is 2.33. The Morgan fingerprint density at radius 2 is 2.17 bits per heavy atom. The summed E-state index contributed by atoms with van der Waals surface area (Å²) >= 11 is 0. The first-order valence-corrected chi connectivity index (χ1v) is 6.67. The third kappa shape index (κ3) is 3.68. The van der Waals surface area contributed by atoms with E-state index in [4.69, 9.17) is 10.5 Å². The van der Waals surface area contributed by atoms with Gasteiger partial charge in [0, 0.05) is 18.4 Å². The number of hydrogen-bond donors (Lipinski definition) is 2. The van der Waals surface area contributed by atoms with Gasteiger partial charge in [-0.1, -0.05) is 6.92 Å². The number of rotatable bonds is 7. The molecule has 102 valence electrons. The lowest BCUT2D eigenvalue weighted by Gasteiger charge is -2.27. The fourth-order valence-corrected chi connectivity index (χ4v) is 2.16. The number of nitrogens with one attached hydrogen (secondary N) is 1. The summed E-state index contributed by atoms with van der Waals surface area (Å²) in [4.78, 5) is 4.19. The maximum atomic E-state index is 6.02. The summed E-state index contributed by atoms with van der Waals surface area (Å²) in [5.41, 5.74) is 8.24. The number of nitrogens with two attached hydrogens (primary N) is 1. The number of anilines is 1. The maximum Gasteiger partial charge on any atom is 0.128 e. The van der Waals surface area contributed by atoms with Gasteiger partial charge in [-0.15, -0.1) is 0 Å². The van der Waals surface area contributed by atoms with Crippen LogP contribution in [-0.2, 0) is 4.74 Å². The molecule has 0 aliphatic rings. The van der Waals surface area contributed by atoms with Crippen LogP contribution in [0.15, 0.2) is 12.3 Å². The summed E-state index contributed by atoms with van der Waals surface area (Å²) < 4.78 is 5.72. The molecule has 0 saturated carbocycles. The molecule has 0 bridgehead atoms. The molecule has 0 radical (unpaired) electrons. The molecular weight excluding hydrogens is 226 g/mol. The number of nitrogens with zero attached hydrogens (tertiary/aromatic N) is 1. The first kappa shape index (κ1) is 14.9. The molecule has 2 unspecified atom stereocenters. The normalized spacial score (nSPS) is 14.4. The predicted octanol–water partition coefficient (Wildman–Crippen LogP) is 2.44. The van der Waals surface area contributed by atoms with Crippen LogP contribution in [-0.4, -0.2) is 24.2 Å². The lowest BCUT2D eigenvalue weighted by atomic mass is 9.98. The minimum Gasteiger partial charge on any atom is -0.383 e. The van der Waals surface area contributed by atoms with E-state index in [0.717, 1.165) is 24.1 Å². The second-order valence-electron chi connectivity index (χ2n) is 4.52. The van der Waals surface area contributed by atoms with Gasteiger partial charge in [-0.2, -0.15) is 0 Å². The standard InChI is InChI=1S/C14H25N3O/c1-5-8-16-13(11(4)18-6-2)12-10(3)7-9-17-14(12)15/h7,9,11,13,16H,5-6,8H2,1-4H3,(H2,15,17). The van der Waals surface area contributed by atoms with Gasteiger partial charge < -0.3 is 15.8 Å². The van der Waals surface area contributed by atoms with E-state index in [-0.39, 0.29) is 12.1 Å². The zero-order valence-electron chi connectivity index (χ0n) is 11.9. The van der Waals surface area contributed by atoms with Gasteiger partial charge in [-0.25, -0.2) is 4.98 Å². The Balaban J connectivity index is 3.00. The van der Waals surface area contributed by atoms with Crippen LogP contribution >= 0.6 is 0 Å². The molecule has 0 fully saturated rings. The highest BCUT2D eigenvalue weighted by Gasteiger charge is 2.23. The number of pyridine rings is 1. The SMILES string of the molecule is CCCNC(c1c(C)ccnc1N)C(C)OCC. The summed E-state index contributed by atoms with van der Waals surface area (Å²) in [7, 11) is 0. The lowest BCUT2D eigenvalue weighted by Crippen LogP contribution is -2.34. The van der Waals surface area contributed by atoms with Crippen molar-refractivity contribution in [2.75, 3.05) is 18.9 Å². The maximum absolute atomic E-state index is 6.02. The van der Waals surface area contributed by atoms with E-state index < -0.39 is 0 Å². The molecule has 0 aliphatic heterocycles. The summed E-state index contributed by atoms with van der Waals surface area (Å²) in [6.45, 7) is 9.93. The van der Waals surface area contributed by atoms with Crippen LogP contribution in [0.1, 0.15) is 44.4 Å². The van der Waals surface area contributed by atoms with Crippen LogP contribution in [0.5, 0.6) is 0 Å². The van der Waals surface area contributed by atoms with Gasteiger partial charge >= 0.3 is 0 Å². The molecule has 4 heteroatoms. The molecule has 1 aromatic heterocycles. The minimum atomic E-state index is 0.0757. The molecule has 2 atom stereocenters. The van der Waals surface area contributed by atoms with E-state index in [1.165, 1.54) is 0 Å². The van der Waals surface area contributed by atoms with Gasteiger partial charge in [0.15, 0.2) is 0 Å². The Morgan fingerprint density at radius 1 is 1.44 bits per heavy atom. The van der Waals surface area contributed by atoms with Crippen molar-refractivity contribution in [3.8, 4) is 0 Å². The third-order valence-electron chi connectivity index (χ3n) is 3.06. The van der Waals surface area contributed by atoms with Gasteiger partial charge in [-0.3, -0.25) is 0 Å². The van der Waals surface area contributed by atoms with Crippen molar-refractivity contribution in [1.29, 1.82) is 0 Å².